The highest BCUT2D eigenvalue weighted by Crippen LogP contribution is 2.13. The minimum Gasteiger partial charge on any atom is -0.352 e. The van der Waals surface area contributed by atoms with Gasteiger partial charge in [0.25, 0.3) is 0 Å². The molecule has 0 aromatic heterocycles. The fraction of sp³-hybridized carbons (Fsp3) is 0.548. The molecule has 47 heavy (non-hydrogen) atoms. The summed E-state index contributed by atoms with van der Waals surface area (Å²) in [5, 5.41) is 12.9. The van der Waals surface area contributed by atoms with Gasteiger partial charge in [-0.25, -0.2) is 0 Å². The van der Waals surface area contributed by atoms with Crippen LogP contribution in [0.1, 0.15) is 56.9 Å². The number of piperidine rings is 1. The first-order chi connectivity index (χ1) is 22.5. The Morgan fingerprint density at radius 2 is 1.38 bits per heavy atom. The Hall–Kier alpha value is -4.76. The van der Waals surface area contributed by atoms with Crippen LogP contribution in [-0.2, 0) is 40.0 Å². The molecule has 254 valence electrons. The largest absolute Gasteiger partial charge is 0.352 e. The van der Waals surface area contributed by atoms with Gasteiger partial charge < -0.3 is 31.5 Å². The fourth-order valence-electron chi connectivity index (χ4n) is 5.33. The van der Waals surface area contributed by atoms with Crippen molar-refractivity contribution in [3.8, 4) is 0 Å². The molecule has 0 bridgehead atoms. The van der Waals surface area contributed by atoms with Crippen LogP contribution in [0.15, 0.2) is 30.3 Å². The average Bonchev–Trinajstić information content (AvgIpc) is 3.38. The first-order valence-corrected chi connectivity index (χ1v) is 16.0. The Morgan fingerprint density at radius 3 is 2.04 bits per heavy atom. The third-order valence-electron chi connectivity index (χ3n) is 8.00. The van der Waals surface area contributed by atoms with Crippen LogP contribution < -0.4 is 26.6 Å². The number of amides is 8. The summed E-state index contributed by atoms with van der Waals surface area (Å²) in [5.41, 5.74) is 0.777. The highest BCUT2D eigenvalue weighted by molar-refractivity contribution is 6.56. The van der Waals surface area contributed by atoms with E-state index in [2.05, 4.69) is 26.6 Å². The van der Waals surface area contributed by atoms with Crippen LogP contribution in [0.2, 0.25) is 0 Å². The van der Waals surface area contributed by atoms with E-state index in [9.17, 15) is 38.4 Å². The number of hydrogen-bond acceptors (Lipinski definition) is 8. The molecule has 1 atom stereocenters. The van der Waals surface area contributed by atoms with Gasteiger partial charge in [-0.15, -0.1) is 0 Å². The van der Waals surface area contributed by atoms with Crippen molar-refractivity contribution in [3.05, 3.63) is 35.9 Å². The summed E-state index contributed by atoms with van der Waals surface area (Å²) >= 11 is 0. The van der Waals surface area contributed by atoms with E-state index in [1.807, 2.05) is 6.07 Å². The number of imide groups is 1. The molecule has 1 aromatic carbocycles. The van der Waals surface area contributed by atoms with E-state index < -0.39 is 30.3 Å². The van der Waals surface area contributed by atoms with Crippen LogP contribution in [-0.4, -0.2) is 116 Å². The Morgan fingerprint density at radius 1 is 0.766 bits per heavy atom. The number of nitrogens with one attached hydrogen (secondary N) is 5. The van der Waals surface area contributed by atoms with E-state index in [1.165, 1.54) is 12.7 Å². The van der Waals surface area contributed by atoms with Crippen LogP contribution in [0.4, 0.5) is 4.79 Å². The van der Waals surface area contributed by atoms with E-state index >= 15 is 0 Å². The summed E-state index contributed by atoms with van der Waals surface area (Å²) in [7, 11) is 1.51. The normalized spacial score (nSPS) is 15.5. The number of unbranched alkanes of at least 4 members (excludes halogenated alkanes) is 2. The number of carbonyl (C=O) groups is 8. The molecule has 2 saturated heterocycles. The van der Waals surface area contributed by atoms with E-state index in [1.54, 1.807) is 29.2 Å². The monoisotopic (exact) mass is 653 g/mol. The molecule has 1 aromatic rings. The molecule has 16 heteroatoms. The smallest absolute Gasteiger partial charge is 0.243 e. The van der Waals surface area contributed by atoms with Crippen molar-refractivity contribution < 1.29 is 38.4 Å². The van der Waals surface area contributed by atoms with Crippen molar-refractivity contribution in [2.24, 2.45) is 0 Å². The van der Waals surface area contributed by atoms with Gasteiger partial charge in [0.05, 0.1) is 19.6 Å². The molecule has 8 amide bonds. The molecule has 0 unspecified atom stereocenters. The quantitative estimate of drug-likeness (QED) is 0.0729. The van der Waals surface area contributed by atoms with E-state index in [0.29, 0.717) is 51.7 Å². The molecule has 0 spiro atoms. The first kappa shape index (κ1) is 36.7. The maximum Gasteiger partial charge on any atom is 0.243 e. The highest BCUT2D eigenvalue weighted by Gasteiger charge is 2.28. The predicted octanol–water partition coefficient (Wildman–Crippen LogP) is -1.89. The summed E-state index contributed by atoms with van der Waals surface area (Å²) < 4.78 is 0. The molecule has 2 aliphatic heterocycles. The van der Waals surface area contributed by atoms with Crippen LogP contribution in [0.3, 0.4) is 0 Å². The Labute approximate surface area is 274 Å². The van der Waals surface area contributed by atoms with E-state index in [-0.39, 0.29) is 74.2 Å². The molecule has 2 fully saturated rings. The lowest BCUT2D eigenvalue weighted by Gasteiger charge is -2.32. The third-order valence-corrected chi connectivity index (χ3v) is 8.00. The molecule has 0 aliphatic carbocycles. The zero-order valence-electron chi connectivity index (χ0n) is 26.8. The second kappa shape index (κ2) is 19.0. The SMILES string of the molecule is BC(=O)N1CCC(NC(=O)CNC(=O)[C@H](Cc2ccccc2)NC(=O)CNC(=O)CNC(=O)CCCCCN2C(=O)CCC2=O)CC1. The lowest BCUT2D eigenvalue weighted by atomic mass is 10.0. The number of likely N-dealkylation sites (tertiary alicyclic amines) is 2. The molecule has 0 saturated carbocycles. The summed E-state index contributed by atoms with van der Waals surface area (Å²) in [5.74, 6) is -2.85. The van der Waals surface area contributed by atoms with E-state index in [0.717, 1.165) is 5.56 Å². The standard InChI is InChI=1S/C31H44BN7O8/c32-31(47)38-15-12-22(13-16-38)36-26(42)20-35-30(46)23(17-21-7-3-1-4-8-21)37-27(43)19-34-25(41)18-33-24(40)9-5-2-6-14-39-28(44)10-11-29(39)45/h1,3-4,7-8,22-23H,2,5-6,9-20,32H2,(H,33,40)(H,34,41)(H,35,46)(H,36,42)(H,37,43)/t23-/m0/s1. The van der Waals surface area contributed by atoms with Crippen molar-refractivity contribution in [1.82, 2.24) is 36.4 Å². The second-order valence-corrected chi connectivity index (χ2v) is 11.7. The van der Waals surface area contributed by atoms with Crippen LogP contribution in [0.25, 0.3) is 0 Å². The van der Waals surface area contributed by atoms with Gasteiger partial charge in [0.15, 0.2) is 5.81 Å². The Kier molecular flexibility index (Phi) is 14.9. The van der Waals surface area contributed by atoms with Gasteiger partial charge in [0, 0.05) is 51.4 Å². The molecule has 5 N–H and O–H groups in total. The van der Waals surface area contributed by atoms with Gasteiger partial charge in [0.1, 0.15) is 6.04 Å². The topological polar surface area (TPSA) is 203 Å². The third kappa shape index (κ3) is 13.2. The predicted molar refractivity (Wildman–Crippen MR) is 172 cm³/mol. The molecule has 0 radical (unpaired) electrons. The Bertz CT molecular complexity index is 1290. The van der Waals surface area contributed by atoms with Crippen molar-refractivity contribution in [1.29, 1.82) is 0 Å². The Balaban J connectivity index is 1.35. The number of rotatable bonds is 17. The minimum atomic E-state index is -1.02. The number of nitrogens with zero attached hydrogens (tertiary/aromatic N) is 2. The molecule has 2 aliphatic rings. The molecular formula is C31H44BN7O8. The molecule has 2 heterocycles. The van der Waals surface area contributed by atoms with Gasteiger partial charge in [0.2, 0.25) is 49.2 Å². The zero-order chi connectivity index (χ0) is 34.2. The summed E-state index contributed by atoms with van der Waals surface area (Å²) in [6.45, 7) is 0.392. The second-order valence-electron chi connectivity index (χ2n) is 11.7. The fourth-order valence-corrected chi connectivity index (χ4v) is 5.33. The van der Waals surface area contributed by atoms with E-state index in [4.69, 9.17) is 0 Å². The van der Waals surface area contributed by atoms with Crippen molar-refractivity contribution >= 4 is 55.0 Å². The summed E-state index contributed by atoms with van der Waals surface area (Å²) in [4.78, 5) is 100. The first-order valence-electron chi connectivity index (χ1n) is 16.0. The lowest BCUT2D eigenvalue weighted by Crippen LogP contribution is -2.53. The van der Waals surface area contributed by atoms with Crippen molar-refractivity contribution in [3.63, 3.8) is 0 Å². The summed E-state index contributed by atoms with van der Waals surface area (Å²) in [6.07, 6.45) is 3.82. The van der Waals surface area contributed by atoms with Crippen LogP contribution >= 0.6 is 0 Å². The number of benzene rings is 1. The number of hydrogen-bond donors (Lipinski definition) is 5. The van der Waals surface area contributed by atoms with Gasteiger partial charge in [-0.05, 0) is 31.2 Å². The summed E-state index contributed by atoms with van der Waals surface area (Å²) in [6, 6.07) is 7.88. The van der Waals surface area contributed by atoms with Gasteiger partial charge in [-0.3, -0.25) is 43.3 Å². The van der Waals surface area contributed by atoms with Crippen molar-refractivity contribution in [2.45, 2.75) is 69.9 Å². The lowest BCUT2D eigenvalue weighted by molar-refractivity contribution is -0.138. The van der Waals surface area contributed by atoms with Gasteiger partial charge in [-0.2, -0.15) is 0 Å². The highest BCUT2D eigenvalue weighted by atomic mass is 16.2. The van der Waals surface area contributed by atoms with Crippen LogP contribution in [0, 0.1) is 0 Å². The zero-order valence-corrected chi connectivity index (χ0v) is 26.8. The maximum absolute atomic E-state index is 13.0. The minimum absolute atomic E-state index is 0.00673. The molecule has 15 nitrogen and oxygen atoms in total. The number of carbonyl (C=O) groups excluding carboxylic acids is 8. The van der Waals surface area contributed by atoms with Crippen LogP contribution in [0.5, 0.6) is 0 Å². The molecular weight excluding hydrogens is 609 g/mol. The average molecular weight is 654 g/mol. The van der Waals surface area contributed by atoms with Gasteiger partial charge in [-0.1, -0.05) is 36.8 Å². The molecule has 3 rings (SSSR count). The van der Waals surface area contributed by atoms with Gasteiger partial charge >= 0.3 is 0 Å². The van der Waals surface area contributed by atoms with Crippen molar-refractivity contribution in [2.75, 3.05) is 39.3 Å². The maximum atomic E-state index is 13.0.